The van der Waals surface area contributed by atoms with Gasteiger partial charge < -0.3 is 4.74 Å². The Hall–Kier alpha value is -1.49. The third-order valence-corrected chi connectivity index (χ3v) is 1.44. The third kappa shape index (κ3) is 1.57. The van der Waals surface area contributed by atoms with Crippen LogP contribution in [0.5, 0.6) is 0 Å². The zero-order valence-corrected chi connectivity index (χ0v) is 6.40. The van der Waals surface area contributed by atoms with E-state index in [1.807, 2.05) is 0 Å². The highest BCUT2D eigenvalue weighted by atomic mass is 16.5. The lowest BCUT2D eigenvalue weighted by molar-refractivity contribution is 0.159. The zero-order chi connectivity index (χ0) is 8.23. The van der Waals surface area contributed by atoms with Gasteiger partial charge in [0.1, 0.15) is 0 Å². The summed E-state index contributed by atoms with van der Waals surface area (Å²) in [5.41, 5.74) is 3.78. The molecule has 0 atom stereocenters. The molecular formula is C7H8N4O. The Balaban J connectivity index is 1.95. The largest absolute Gasteiger partial charge is 0.369 e. The second-order valence-electron chi connectivity index (χ2n) is 2.39. The van der Waals surface area contributed by atoms with Crippen LogP contribution in [0.1, 0.15) is 0 Å². The molecule has 0 bridgehead atoms. The van der Waals surface area contributed by atoms with Gasteiger partial charge in [0.25, 0.3) is 0 Å². The average molecular weight is 164 g/mol. The Bertz CT molecular complexity index is 279. The van der Waals surface area contributed by atoms with Crippen LogP contribution in [0.4, 0.5) is 5.82 Å². The third-order valence-electron chi connectivity index (χ3n) is 1.44. The summed E-state index contributed by atoms with van der Waals surface area (Å²) >= 11 is 0. The molecule has 0 saturated carbocycles. The Morgan fingerprint density at radius 2 is 2.42 bits per heavy atom. The molecule has 0 radical (unpaired) electrons. The molecule has 1 fully saturated rings. The van der Waals surface area contributed by atoms with Crippen LogP contribution in [0.2, 0.25) is 0 Å². The Kier molecular flexibility index (Phi) is 1.96. The first kappa shape index (κ1) is 7.17. The van der Waals surface area contributed by atoms with Crippen molar-refractivity contribution in [3.8, 4) is 0 Å². The van der Waals surface area contributed by atoms with Gasteiger partial charge in [-0.25, -0.2) is 0 Å². The van der Waals surface area contributed by atoms with Gasteiger partial charge in [0.2, 0.25) is 0 Å². The van der Waals surface area contributed by atoms with Crippen molar-refractivity contribution < 1.29 is 4.74 Å². The van der Waals surface area contributed by atoms with Gasteiger partial charge in [-0.15, -0.1) is 5.10 Å². The minimum Gasteiger partial charge on any atom is -0.369 e. The van der Waals surface area contributed by atoms with E-state index in [1.165, 1.54) is 0 Å². The van der Waals surface area contributed by atoms with Crippen molar-refractivity contribution in [1.29, 1.82) is 0 Å². The highest BCUT2D eigenvalue weighted by Crippen LogP contribution is 2.00. The van der Waals surface area contributed by atoms with Crippen molar-refractivity contribution in [2.45, 2.75) is 0 Å². The van der Waals surface area contributed by atoms with Crippen LogP contribution in [-0.2, 0) is 4.74 Å². The van der Waals surface area contributed by atoms with Crippen molar-refractivity contribution in [1.82, 2.24) is 10.2 Å². The molecule has 5 nitrogen and oxygen atoms in total. The number of ether oxygens (including phenoxy) is 1. The number of hydrogen-bond acceptors (Lipinski definition) is 5. The Labute approximate surface area is 69.5 Å². The summed E-state index contributed by atoms with van der Waals surface area (Å²) in [4.78, 5) is 0. The standard InChI is InChI=1S/C7H8N4O/c1-2-7(10-8-3-1)11-9-6-4-12-5-6/h1-3H,4-5H2,(H,10,11). The second-order valence-corrected chi connectivity index (χ2v) is 2.39. The summed E-state index contributed by atoms with van der Waals surface area (Å²) in [6.07, 6.45) is 1.62. The fraction of sp³-hybridized carbons (Fsp3) is 0.286. The van der Waals surface area contributed by atoms with Gasteiger partial charge >= 0.3 is 0 Å². The van der Waals surface area contributed by atoms with E-state index in [1.54, 1.807) is 18.3 Å². The van der Waals surface area contributed by atoms with Gasteiger partial charge in [-0.3, -0.25) is 5.43 Å². The maximum atomic E-state index is 4.92. The highest BCUT2D eigenvalue weighted by molar-refractivity contribution is 5.91. The minimum atomic E-state index is 0.618. The molecule has 0 aromatic carbocycles. The van der Waals surface area contributed by atoms with Gasteiger partial charge in [0, 0.05) is 6.20 Å². The number of rotatable bonds is 2. The van der Waals surface area contributed by atoms with Gasteiger partial charge in [-0.05, 0) is 12.1 Å². The van der Waals surface area contributed by atoms with Gasteiger partial charge in [0.05, 0.1) is 18.9 Å². The van der Waals surface area contributed by atoms with Crippen LogP contribution in [0.15, 0.2) is 23.4 Å². The van der Waals surface area contributed by atoms with E-state index in [0.29, 0.717) is 19.0 Å². The molecule has 1 saturated heterocycles. The van der Waals surface area contributed by atoms with Crippen LogP contribution in [0.3, 0.4) is 0 Å². The Morgan fingerprint density at radius 3 is 3.00 bits per heavy atom. The smallest absolute Gasteiger partial charge is 0.168 e. The van der Waals surface area contributed by atoms with E-state index in [9.17, 15) is 0 Å². The quantitative estimate of drug-likeness (QED) is 0.637. The molecule has 12 heavy (non-hydrogen) atoms. The summed E-state index contributed by atoms with van der Waals surface area (Å²) in [6, 6.07) is 3.60. The summed E-state index contributed by atoms with van der Waals surface area (Å²) in [5.74, 6) is 0.650. The maximum absolute atomic E-state index is 4.92. The van der Waals surface area contributed by atoms with E-state index >= 15 is 0 Å². The number of anilines is 1. The number of nitrogens with zero attached hydrogens (tertiary/aromatic N) is 3. The van der Waals surface area contributed by atoms with Crippen LogP contribution in [0, 0.1) is 0 Å². The van der Waals surface area contributed by atoms with Gasteiger partial charge in [-0.2, -0.15) is 10.2 Å². The Morgan fingerprint density at radius 1 is 1.50 bits per heavy atom. The lowest BCUT2D eigenvalue weighted by Gasteiger charge is -2.15. The molecule has 2 rings (SSSR count). The molecule has 0 spiro atoms. The first-order valence-corrected chi connectivity index (χ1v) is 3.62. The van der Waals surface area contributed by atoms with Crippen LogP contribution in [0.25, 0.3) is 0 Å². The minimum absolute atomic E-state index is 0.618. The van der Waals surface area contributed by atoms with Crippen molar-refractivity contribution in [3.05, 3.63) is 18.3 Å². The molecule has 0 unspecified atom stereocenters. The van der Waals surface area contributed by atoms with Crippen molar-refractivity contribution in [2.75, 3.05) is 18.6 Å². The first-order chi connectivity index (χ1) is 5.95. The zero-order valence-electron chi connectivity index (χ0n) is 6.40. The number of hydrogen-bond donors (Lipinski definition) is 1. The normalized spacial score (nSPS) is 15.2. The molecule has 0 aliphatic carbocycles. The van der Waals surface area contributed by atoms with E-state index in [0.717, 1.165) is 5.71 Å². The van der Waals surface area contributed by atoms with E-state index in [2.05, 4.69) is 20.7 Å². The lowest BCUT2D eigenvalue weighted by atomic mass is 10.3. The van der Waals surface area contributed by atoms with E-state index in [4.69, 9.17) is 4.74 Å². The van der Waals surface area contributed by atoms with E-state index < -0.39 is 0 Å². The number of nitrogens with one attached hydrogen (secondary N) is 1. The predicted octanol–water partition coefficient (Wildman–Crippen LogP) is 0.275. The molecule has 1 aliphatic rings. The van der Waals surface area contributed by atoms with Crippen LogP contribution in [-0.4, -0.2) is 29.1 Å². The van der Waals surface area contributed by atoms with Crippen LogP contribution >= 0.6 is 0 Å². The molecule has 62 valence electrons. The van der Waals surface area contributed by atoms with Gasteiger partial charge in [0.15, 0.2) is 5.82 Å². The summed E-state index contributed by atoms with van der Waals surface area (Å²) in [5, 5.41) is 11.5. The molecule has 1 aromatic heterocycles. The molecule has 2 heterocycles. The van der Waals surface area contributed by atoms with E-state index in [-0.39, 0.29) is 0 Å². The number of hydrazone groups is 1. The highest BCUT2D eigenvalue weighted by Gasteiger charge is 2.09. The maximum Gasteiger partial charge on any atom is 0.168 e. The monoisotopic (exact) mass is 164 g/mol. The fourth-order valence-electron chi connectivity index (χ4n) is 0.755. The molecule has 0 amide bonds. The van der Waals surface area contributed by atoms with Crippen LogP contribution < -0.4 is 5.43 Å². The lowest BCUT2D eigenvalue weighted by Crippen LogP contribution is -2.28. The van der Waals surface area contributed by atoms with Gasteiger partial charge in [-0.1, -0.05) is 0 Å². The fourth-order valence-corrected chi connectivity index (χ4v) is 0.755. The average Bonchev–Trinajstić information content (AvgIpc) is 2.04. The van der Waals surface area contributed by atoms with Crippen molar-refractivity contribution in [2.24, 2.45) is 5.10 Å². The molecule has 5 heteroatoms. The molecule has 1 N–H and O–H groups in total. The summed E-state index contributed by atoms with van der Waals surface area (Å²) < 4.78 is 4.92. The van der Waals surface area contributed by atoms with Crippen molar-refractivity contribution >= 4 is 11.5 Å². The molecular weight excluding hydrogens is 156 g/mol. The summed E-state index contributed by atoms with van der Waals surface area (Å²) in [7, 11) is 0. The molecule has 1 aromatic rings. The first-order valence-electron chi connectivity index (χ1n) is 3.62. The SMILES string of the molecule is c1cnnc(NN=C2COC2)c1. The second kappa shape index (κ2) is 3.27. The predicted molar refractivity (Wildman–Crippen MR) is 43.9 cm³/mol. The molecule has 1 aliphatic heterocycles. The van der Waals surface area contributed by atoms with Crippen molar-refractivity contribution in [3.63, 3.8) is 0 Å². The summed E-state index contributed by atoms with van der Waals surface area (Å²) in [6.45, 7) is 1.24. The number of aromatic nitrogens is 2. The topological polar surface area (TPSA) is 59.4 Å².